The Bertz CT molecular complexity index is 711. The molecule has 1 aromatic rings. The van der Waals surface area contributed by atoms with Crippen LogP contribution in [0.1, 0.15) is 46.5 Å². The first-order valence-electron chi connectivity index (χ1n) is 10.0. The van der Waals surface area contributed by atoms with Gasteiger partial charge in [0.25, 0.3) is 0 Å². The molecule has 0 amide bonds. The van der Waals surface area contributed by atoms with Crippen LogP contribution < -0.4 is 4.74 Å². The summed E-state index contributed by atoms with van der Waals surface area (Å²) in [7, 11) is 0. The molecule has 4 aliphatic heterocycles. The van der Waals surface area contributed by atoms with Crippen LogP contribution in [-0.4, -0.2) is 24.0 Å². The van der Waals surface area contributed by atoms with E-state index in [2.05, 4.69) is 13.8 Å². The van der Waals surface area contributed by atoms with E-state index < -0.39 is 24.0 Å². The van der Waals surface area contributed by atoms with Crippen molar-refractivity contribution in [2.24, 2.45) is 23.7 Å². The van der Waals surface area contributed by atoms with Gasteiger partial charge in [0.05, 0.1) is 0 Å². The molecule has 0 N–H and O–H groups in total. The Morgan fingerprint density at radius 2 is 1.81 bits per heavy atom. The van der Waals surface area contributed by atoms with E-state index in [1.807, 2.05) is 31.2 Å². The van der Waals surface area contributed by atoms with E-state index in [0.717, 1.165) is 25.0 Å². The van der Waals surface area contributed by atoms with E-state index >= 15 is 0 Å². The lowest BCUT2D eigenvalue weighted by Gasteiger charge is -2.60. The van der Waals surface area contributed by atoms with Gasteiger partial charge in [-0.1, -0.05) is 25.4 Å². The van der Waals surface area contributed by atoms with E-state index in [0.29, 0.717) is 16.9 Å². The summed E-state index contributed by atoms with van der Waals surface area (Å²) in [4.78, 5) is 12.0. The molecule has 4 saturated heterocycles. The van der Waals surface area contributed by atoms with Gasteiger partial charge in [0.1, 0.15) is 5.75 Å². The van der Waals surface area contributed by atoms with Gasteiger partial charge in [-0.2, -0.15) is 0 Å². The molecule has 148 valence electrons. The fourth-order valence-electron chi connectivity index (χ4n) is 5.65. The molecule has 0 aromatic heterocycles. The minimum Gasteiger partial charge on any atom is -0.465 e. The third kappa shape index (κ3) is 2.74. The second-order valence-corrected chi connectivity index (χ2v) is 9.28. The van der Waals surface area contributed by atoms with Crippen molar-refractivity contribution in [3.63, 3.8) is 0 Å². The molecule has 0 unspecified atom stereocenters. The van der Waals surface area contributed by atoms with Gasteiger partial charge in [-0.3, -0.25) is 0 Å². The molecule has 5 nitrogen and oxygen atoms in total. The fourth-order valence-corrected chi connectivity index (χ4v) is 5.78. The number of rotatable bonds is 2. The first kappa shape index (κ1) is 18.2. The predicted octanol–water partition coefficient (Wildman–Crippen LogP) is 4.93. The molecule has 5 fully saturated rings. The zero-order valence-corrected chi connectivity index (χ0v) is 16.8. The lowest BCUT2D eigenvalue weighted by atomic mass is 9.58. The average Bonchev–Trinajstić information content (AvgIpc) is 2.87. The number of benzene rings is 1. The smallest absolute Gasteiger partial charge is 0.205 e. The quantitative estimate of drug-likeness (QED) is 0.666. The number of hydrogen-bond donors (Lipinski definition) is 0. The van der Waals surface area contributed by atoms with Crippen molar-refractivity contribution in [3.8, 4) is 5.75 Å². The zero-order chi connectivity index (χ0) is 18.8. The SMILES string of the molecule is C[C@H]1[C@@H](Oc2ccc(Cl)cc2)O[C@@H]2O[C@@]3(C)CC[C@H]4[C@H](C)CC[C@@H]1[C@@]24OO3. The lowest BCUT2D eigenvalue weighted by Crippen LogP contribution is -2.70. The molecule has 5 aliphatic rings. The van der Waals surface area contributed by atoms with Crippen LogP contribution in [0.15, 0.2) is 24.3 Å². The standard InChI is InChI=1S/C21H27ClO5/c1-12-4-9-17-13(2)18(23-15-7-5-14(22)6-8-15)24-19-21(17)16(12)10-11-20(3,25-19)26-27-21/h5-8,12-13,16-19H,4,9-11H2,1-3H3/t12-,13-,16+,17+,18+,19-,20-,21-/m1/s1. The third-order valence-electron chi connectivity index (χ3n) is 7.16. The molecular weight excluding hydrogens is 368 g/mol. The van der Waals surface area contributed by atoms with E-state index in [1.165, 1.54) is 6.42 Å². The van der Waals surface area contributed by atoms with Crippen molar-refractivity contribution >= 4 is 11.6 Å². The first-order valence-corrected chi connectivity index (χ1v) is 10.4. The van der Waals surface area contributed by atoms with Crippen LogP contribution in [0.25, 0.3) is 0 Å². The summed E-state index contributed by atoms with van der Waals surface area (Å²) in [6.45, 7) is 6.44. The monoisotopic (exact) mass is 394 g/mol. The molecule has 0 radical (unpaired) electrons. The summed E-state index contributed by atoms with van der Waals surface area (Å²) in [5.41, 5.74) is -0.549. The second-order valence-electron chi connectivity index (χ2n) is 8.85. The van der Waals surface area contributed by atoms with Gasteiger partial charge in [-0.05, 0) is 62.3 Å². The number of ether oxygens (including phenoxy) is 3. The van der Waals surface area contributed by atoms with Crippen LogP contribution in [0, 0.1) is 23.7 Å². The zero-order valence-electron chi connectivity index (χ0n) is 16.0. The van der Waals surface area contributed by atoms with Crippen molar-refractivity contribution in [3.05, 3.63) is 29.3 Å². The largest absolute Gasteiger partial charge is 0.465 e. The Morgan fingerprint density at radius 3 is 2.59 bits per heavy atom. The molecular formula is C21H27ClO5. The molecule has 1 spiro atoms. The van der Waals surface area contributed by atoms with E-state index in [9.17, 15) is 0 Å². The lowest BCUT2D eigenvalue weighted by molar-refractivity contribution is -0.575. The highest BCUT2D eigenvalue weighted by molar-refractivity contribution is 6.30. The normalized spacial score (nSPS) is 48.6. The average molecular weight is 395 g/mol. The number of fused-ring (bicyclic) bond motifs is 2. The van der Waals surface area contributed by atoms with Crippen LogP contribution >= 0.6 is 11.6 Å². The van der Waals surface area contributed by atoms with Gasteiger partial charge in [0, 0.05) is 23.3 Å². The van der Waals surface area contributed by atoms with E-state index in [-0.39, 0.29) is 11.8 Å². The molecule has 1 saturated carbocycles. The summed E-state index contributed by atoms with van der Waals surface area (Å²) in [6.07, 6.45) is 3.21. The van der Waals surface area contributed by atoms with E-state index in [4.69, 9.17) is 35.6 Å². The summed E-state index contributed by atoms with van der Waals surface area (Å²) < 4.78 is 19.0. The van der Waals surface area contributed by atoms with Crippen molar-refractivity contribution in [1.29, 1.82) is 0 Å². The molecule has 27 heavy (non-hydrogen) atoms. The van der Waals surface area contributed by atoms with Crippen LogP contribution in [0.3, 0.4) is 0 Å². The number of halogens is 1. The molecule has 2 bridgehead atoms. The van der Waals surface area contributed by atoms with Gasteiger partial charge in [-0.25, -0.2) is 9.78 Å². The topological polar surface area (TPSA) is 46.2 Å². The minimum absolute atomic E-state index is 0.154. The Balaban J connectivity index is 1.48. The van der Waals surface area contributed by atoms with Crippen LogP contribution in [0.2, 0.25) is 5.02 Å². The maximum atomic E-state index is 6.41. The summed E-state index contributed by atoms with van der Waals surface area (Å²) in [6, 6.07) is 7.39. The molecule has 8 atom stereocenters. The minimum atomic E-state index is -0.761. The van der Waals surface area contributed by atoms with Crippen LogP contribution in [0.4, 0.5) is 0 Å². The van der Waals surface area contributed by atoms with Crippen molar-refractivity contribution in [2.75, 3.05) is 0 Å². The Morgan fingerprint density at radius 1 is 1.04 bits per heavy atom. The summed E-state index contributed by atoms with van der Waals surface area (Å²) in [5.74, 6) is 1.32. The van der Waals surface area contributed by atoms with Crippen molar-refractivity contribution in [2.45, 2.75) is 70.4 Å². The predicted molar refractivity (Wildman–Crippen MR) is 98.9 cm³/mol. The third-order valence-corrected chi connectivity index (χ3v) is 7.41. The van der Waals surface area contributed by atoms with Crippen LogP contribution in [-0.2, 0) is 19.2 Å². The fraction of sp³-hybridized carbons (Fsp3) is 0.714. The Hall–Kier alpha value is -0.850. The number of hydrogen-bond acceptors (Lipinski definition) is 5. The molecule has 6 rings (SSSR count). The molecule has 6 heteroatoms. The second kappa shape index (κ2) is 6.33. The Labute approximate surface area is 165 Å². The van der Waals surface area contributed by atoms with Crippen molar-refractivity contribution < 1.29 is 24.0 Å². The molecule has 1 aliphatic carbocycles. The maximum absolute atomic E-state index is 6.41. The first-order chi connectivity index (χ1) is 12.9. The maximum Gasteiger partial charge on any atom is 0.205 e. The molecule has 4 heterocycles. The van der Waals surface area contributed by atoms with E-state index in [1.54, 1.807) is 0 Å². The van der Waals surface area contributed by atoms with Gasteiger partial charge < -0.3 is 14.2 Å². The Kier molecular flexibility index (Phi) is 4.26. The summed E-state index contributed by atoms with van der Waals surface area (Å²) in [5, 5.41) is 0.686. The van der Waals surface area contributed by atoms with Crippen molar-refractivity contribution in [1.82, 2.24) is 0 Å². The van der Waals surface area contributed by atoms with Gasteiger partial charge in [0.15, 0.2) is 11.9 Å². The highest BCUT2D eigenvalue weighted by atomic mass is 35.5. The van der Waals surface area contributed by atoms with Gasteiger partial charge in [0.2, 0.25) is 12.1 Å². The van der Waals surface area contributed by atoms with Gasteiger partial charge in [-0.15, -0.1) is 0 Å². The summed E-state index contributed by atoms with van der Waals surface area (Å²) >= 11 is 6.00. The van der Waals surface area contributed by atoms with Crippen LogP contribution in [0.5, 0.6) is 5.75 Å². The molecule has 1 aromatic carbocycles. The van der Waals surface area contributed by atoms with Gasteiger partial charge >= 0.3 is 0 Å². The highest BCUT2D eigenvalue weighted by Gasteiger charge is 2.69. The highest BCUT2D eigenvalue weighted by Crippen LogP contribution is 2.60.